The van der Waals surface area contributed by atoms with Crippen LogP contribution in [0.4, 0.5) is 11.4 Å². The van der Waals surface area contributed by atoms with Crippen LogP contribution in [0.3, 0.4) is 0 Å². The predicted octanol–water partition coefficient (Wildman–Crippen LogP) is 4.78. The van der Waals surface area contributed by atoms with Crippen molar-refractivity contribution in [3.8, 4) is 0 Å². The van der Waals surface area contributed by atoms with E-state index in [4.69, 9.17) is 0 Å². The quantitative estimate of drug-likeness (QED) is 0.568. The molecule has 2 amide bonds. The third-order valence-electron chi connectivity index (χ3n) is 5.04. The van der Waals surface area contributed by atoms with Crippen LogP contribution < -0.4 is 10.6 Å². The summed E-state index contributed by atoms with van der Waals surface area (Å²) in [6, 6.07) is 13.9. The Balaban J connectivity index is 1.75. The molecule has 3 aromatic rings. The van der Waals surface area contributed by atoms with Crippen molar-refractivity contribution in [2.75, 3.05) is 10.6 Å². The average Bonchev–Trinajstić information content (AvgIpc) is 2.96. The highest BCUT2D eigenvalue weighted by atomic mass is 16.2. The first kappa shape index (κ1) is 22.0. The average molecular weight is 417 g/mol. The van der Waals surface area contributed by atoms with Crippen LogP contribution in [0, 0.1) is 27.7 Å². The number of carbonyl (C=O) groups is 2. The van der Waals surface area contributed by atoms with E-state index in [0.29, 0.717) is 17.9 Å². The molecule has 3 rings (SSSR count). The minimum Gasteiger partial charge on any atom is -0.325 e. The van der Waals surface area contributed by atoms with Crippen molar-refractivity contribution in [1.82, 2.24) is 9.78 Å². The molecule has 2 N–H and O–H groups in total. The van der Waals surface area contributed by atoms with Gasteiger partial charge in [-0.15, -0.1) is 0 Å². The lowest BCUT2D eigenvalue weighted by Gasteiger charge is -2.11. The molecule has 6 nitrogen and oxygen atoms in total. The van der Waals surface area contributed by atoms with Gasteiger partial charge in [0.15, 0.2) is 0 Å². The number of anilines is 2. The number of nitrogens with one attached hydrogen (secondary N) is 2. The fraction of sp³-hybridized carbons (Fsp3) is 0.240. The van der Waals surface area contributed by atoms with Gasteiger partial charge in [-0.25, -0.2) is 0 Å². The van der Waals surface area contributed by atoms with Crippen LogP contribution in [0.15, 0.2) is 48.5 Å². The Labute approximate surface area is 183 Å². The van der Waals surface area contributed by atoms with Crippen LogP contribution >= 0.6 is 0 Å². The molecule has 0 unspecified atom stereocenters. The van der Waals surface area contributed by atoms with Gasteiger partial charge in [0.25, 0.3) is 0 Å². The second-order valence-electron chi connectivity index (χ2n) is 7.78. The maximum Gasteiger partial charge on any atom is 0.248 e. The third-order valence-corrected chi connectivity index (χ3v) is 5.04. The summed E-state index contributed by atoms with van der Waals surface area (Å²) in [5.41, 5.74) is 7.30. The summed E-state index contributed by atoms with van der Waals surface area (Å²) in [5, 5.41) is 10.2. The molecule has 0 atom stereocenters. The van der Waals surface area contributed by atoms with Crippen molar-refractivity contribution >= 4 is 29.3 Å². The highest BCUT2D eigenvalue weighted by molar-refractivity contribution is 6.05. The second-order valence-corrected chi connectivity index (χ2v) is 7.78. The van der Waals surface area contributed by atoms with E-state index < -0.39 is 0 Å². The van der Waals surface area contributed by atoms with Gasteiger partial charge in [-0.3, -0.25) is 14.3 Å². The van der Waals surface area contributed by atoms with Gasteiger partial charge >= 0.3 is 0 Å². The number of aromatic nitrogens is 2. The number of nitrogens with zero attached hydrogens (tertiary/aromatic N) is 2. The van der Waals surface area contributed by atoms with E-state index in [1.807, 2.05) is 37.6 Å². The van der Waals surface area contributed by atoms with Gasteiger partial charge in [-0.2, -0.15) is 5.10 Å². The monoisotopic (exact) mass is 416 g/mol. The van der Waals surface area contributed by atoms with Gasteiger partial charge in [-0.1, -0.05) is 35.9 Å². The molecule has 1 aromatic heterocycles. The minimum absolute atomic E-state index is 0.192. The number of carbonyl (C=O) groups excluding carboxylic acids is 2. The van der Waals surface area contributed by atoms with Crippen molar-refractivity contribution in [3.63, 3.8) is 0 Å². The van der Waals surface area contributed by atoms with E-state index in [2.05, 4.69) is 46.9 Å². The molecule has 6 heteroatoms. The van der Waals surface area contributed by atoms with Crippen LogP contribution in [0.25, 0.3) is 6.08 Å². The second kappa shape index (κ2) is 9.43. The molecule has 2 aromatic carbocycles. The number of hydrogen-bond acceptors (Lipinski definition) is 3. The summed E-state index contributed by atoms with van der Waals surface area (Å²) in [5.74, 6) is -0.468. The topological polar surface area (TPSA) is 76.0 Å². The van der Waals surface area contributed by atoms with Crippen molar-refractivity contribution in [2.24, 2.45) is 0 Å². The zero-order valence-corrected chi connectivity index (χ0v) is 18.6. The summed E-state index contributed by atoms with van der Waals surface area (Å²) < 4.78 is 1.95. The van der Waals surface area contributed by atoms with Gasteiger partial charge in [0.1, 0.15) is 0 Å². The first-order valence-electron chi connectivity index (χ1n) is 10.2. The molecule has 160 valence electrons. The van der Waals surface area contributed by atoms with Gasteiger partial charge < -0.3 is 10.6 Å². The Kier molecular flexibility index (Phi) is 6.70. The Morgan fingerprint density at radius 1 is 0.935 bits per heavy atom. The molecule has 0 aliphatic carbocycles. The van der Waals surface area contributed by atoms with E-state index in [-0.39, 0.29) is 11.8 Å². The zero-order valence-electron chi connectivity index (χ0n) is 18.6. The number of rotatable bonds is 6. The van der Waals surface area contributed by atoms with E-state index in [1.165, 1.54) is 24.1 Å². The van der Waals surface area contributed by atoms with Crippen molar-refractivity contribution in [3.05, 3.63) is 82.2 Å². The Morgan fingerprint density at radius 2 is 1.61 bits per heavy atom. The fourth-order valence-corrected chi connectivity index (χ4v) is 3.37. The first-order valence-corrected chi connectivity index (χ1v) is 10.2. The number of aryl methyl sites for hydroxylation is 3. The van der Waals surface area contributed by atoms with E-state index in [0.717, 1.165) is 22.5 Å². The third kappa shape index (κ3) is 5.69. The normalized spacial score (nSPS) is 11.0. The first-order chi connectivity index (χ1) is 14.7. The highest BCUT2D eigenvalue weighted by Crippen LogP contribution is 2.23. The largest absolute Gasteiger partial charge is 0.325 e. The maximum absolute atomic E-state index is 12.5. The van der Waals surface area contributed by atoms with Gasteiger partial charge in [0.05, 0.1) is 23.6 Å². The summed E-state index contributed by atoms with van der Waals surface area (Å²) >= 11 is 0. The molecule has 0 aliphatic heterocycles. The van der Waals surface area contributed by atoms with Crippen LogP contribution in [-0.2, 0) is 16.1 Å². The fourth-order valence-electron chi connectivity index (χ4n) is 3.37. The number of benzene rings is 2. The lowest BCUT2D eigenvalue weighted by atomic mass is 10.1. The molecule has 0 saturated heterocycles. The lowest BCUT2D eigenvalue weighted by Crippen LogP contribution is -2.13. The molecule has 0 saturated carbocycles. The highest BCUT2D eigenvalue weighted by Gasteiger charge is 2.11. The molecule has 0 fully saturated rings. The van der Waals surface area contributed by atoms with Crippen LogP contribution in [0.5, 0.6) is 0 Å². The van der Waals surface area contributed by atoms with E-state index in [1.54, 1.807) is 12.1 Å². The summed E-state index contributed by atoms with van der Waals surface area (Å²) in [6.07, 6.45) is 3.28. The lowest BCUT2D eigenvalue weighted by molar-refractivity contribution is -0.114. The van der Waals surface area contributed by atoms with Gasteiger partial charge in [-0.05, 0) is 57.0 Å². The Hall–Kier alpha value is -3.67. The SMILES string of the molecule is CC(=O)Nc1ccc(C)cc1NC(=O)/C=C/c1c(C)nn(Cc2ccc(C)cc2)c1C. The summed E-state index contributed by atoms with van der Waals surface area (Å²) in [7, 11) is 0. The molecule has 0 spiro atoms. The standard InChI is InChI=1S/C25H28N4O2/c1-16-6-9-21(10-7-16)15-29-19(4)22(18(3)28-29)11-13-25(31)27-24-14-17(2)8-12-23(24)26-20(5)30/h6-14H,15H2,1-5H3,(H,26,30)(H,27,31)/b13-11+. The maximum atomic E-state index is 12.5. The van der Waals surface area contributed by atoms with Crippen molar-refractivity contribution in [1.29, 1.82) is 0 Å². The molecule has 1 heterocycles. The molecule has 0 bridgehead atoms. The molecular formula is C25H28N4O2. The zero-order chi connectivity index (χ0) is 22.5. The van der Waals surface area contributed by atoms with Crippen LogP contribution in [-0.4, -0.2) is 21.6 Å². The Morgan fingerprint density at radius 3 is 2.29 bits per heavy atom. The van der Waals surface area contributed by atoms with E-state index >= 15 is 0 Å². The minimum atomic E-state index is -0.276. The van der Waals surface area contributed by atoms with E-state index in [9.17, 15) is 9.59 Å². The molecular weight excluding hydrogens is 388 g/mol. The van der Waals surface area contributed by atoms with Crippen LogP contribution in [0.1, 0.15) is 40.6 Å². The predicted molar refractivity (Wildman–Crippen MR) is 125 cm³/mol. The smallest absolute Gasteiger partial charge is 0.248 e. The number of hydrogen-bond donors (Lipinski definition) is 2. The molecule has 31 heavy (non-hydrogen) atoms. The number of amides is 2. The summed E-state index contributed by atoms with van der Waals surface area (Å²) in [4.78, 5) is 24.0. The molecule has 0 radical (unpaired) electrons. The molecule has 0 aliphatic rings. The van der Waals surface area contributed by atoms with Crippen molar-refractivity contribution < 1.29 is 9.59 Å². The van der Waals surface area contributed by atoms with Crippen molar-refractivity contribution in [2.45, 2.75) is 41.2 Å². The van der Waals surface area contributed by atoms with Gasteiger partial charge in [0.2, 0.25) is 11.8 Å². The summed E-state index contributed by atoms with van der Waals surface area (Å²) in [6.45, 7) is 10.0. The van der Waals surface area contributed by atoms with Gasteiger partial charge in [0, 0.05) is 24.3 Å². The Bertz CT molecular complexity index is 1140. The van der Waals surface area contributed by atoms with Crippen LogP contribution in [0.2, 0.25) is 0 Å².